The smallest absolute Gasteiger partial charge is 0.401 e. The summed E-state index contributed by atoms with van der Waals surface area (Å²) in [6, 6.07) is 0. The average Bonchev–Trinajstić information content (AvgIpc) is 2.69. The van der Waals surface area contributed by atoms with E-state index in [0.717, 1.165) is 34.4 Å². The summed E-state index contributed by atoms with van der Waals surface area (Å²) >= 11 is 2.78. The molecule has 159 valence electrons. The summed E-state index contributed by atoms with van der Waals surface area (Å²) in [6.07, 6.45) is 0. The van der Waals surface area contributed by atoms with Crippen LogP contribution in [0, 0.1) is 23.2 Å². The van der Waals surface area contributed by atoms with Gasteiger partial charge in [-0.05, 0) is 0 Å². The van der Waals surface area contributed by atoms with Crippen molar-refractivity contribution in [3.05, 3.63) is 20.6 Å². The maximum atomic E-state index is 4.82. The molecule has 1 rings (SSSR count). The Balaban J connectivity index is 0. The quantitative estimate of drug-likeness (QED) is 0.383. The Kier molecular flexibility index (Phi) is 18.7. The second-order valence-electron chi connectivity index (χ2n) is 10.2. The fraction of sp³-hybridized carbons (Fsp3) is 0.826. The summed E-state index contributed by atoms with van der Waals surface area (Å²) in [5.41, 5.74) is 4.83. The molecule has 28 heavy (non-hydrogen) atoms. The van der Waals surface area contributed by atoms with Crippen LogP contribution in [0.25, 0.3) is 0 Å². The second-order valence-corrected chi connectivity index (χ2v) is 17.0. The van der Waals surface area contributed by atoms with Gasteiger partial charge in [0.15, 0.2) is 0 Å². The fourth-order valence-electron chi connectivity index (χ4n) is 3.88. The van der Waals surface area contributed by atoms with Gasteiger partial charge in [0.1, 0.15) is 0 Å². The minimum absolute atomic E-state index is 0.0139. The molecule has 0 amide bonds. The molecule has 0 aromatic heterocycles. The van der Waals surface area contributed by atoms with Gasteiger partial charge in [0, 0.05) is 0 Å². The number of hydrogen-bond acceptors (Lipinski definition) is 1. The predicted octanol–water partition coefficient (Wildman–Crippen LogP) is 6.58. The summed E-state index contributed by atoms with van der Waals surface area (Å²) < 4.78 is 6.35. The molecule has 0 atom stereocenters. The molecule has 0 radical (unpaired) electrons. The fourth-order valence-corrected chi connectivity index (χ4v) is 9.05. The van der Waals surface area contributed by atoms with Gasteiger partial charge in [-0.15, -0.1) is 0 Å². The first kappa shape index (κ1) is 31.9. The Hall–Kier alpha value is 1.75. The van der Waals surface area contributed by atoms with Crippen molar-refractivity contribution in [3.8, 4) is 0 Å². The molecular weight excluding hydrogens is 421 g/mol. The number of hydrogen-bond donors (Lipinski definition) is 0. The Morgan fingerprint density at radius 3 is 1.32 bits per heavy atom. The Morgan fingerprint density at radius 1 is 0.893 bits per heavy atom. The SMILES string of the molecule is CC(C)[CH2][Al]([CH2]C(C)C)[CH2]C(C)C.CC1=C(C)C(C)(C)[C]([Ti])=C1C.[CH3][AlH][O][AlH2]. The predicted molar refractivity (Wildman–Crippen MR) is 132 cm³/mol. The standard InChI is InChI=1S/C10H15.3C4H9.CH3.3Al.O.Ti.3H/c1-7-6-10(4,5)9(3)8(7)2;3*1-4(2)3;;;;;;;;;/h1-5H3;3*4H,1H2,2-3H3;1H3;;;;;;;;. The van der Waals surface area contributed by atoms with Crippen LogP contribution >= 0.6 is 0 Å². The molecule has 1 aliphatic carbocycles. The molecule has 5 heteroatoms. The maximum absolute atomic E-state index is 4.82. The van der Waals surface area contributed by atoms with Gasteiger partial charge in [0.25, 0.3) is 14.1 Å². The molecule has 0 unspecified atom stereocenters. The van der Waals surface area contributed by atoms with Crippen molar-refractivity contribution in [1.29, 1.82) is 0 Å². The van der Waals surface area contributed by atoms with Crippen LogP contribution < -0.4 is 0 Å². The van der Waals surface area contributed by atoms with Crippen LogP contribution in [0.15, 0.2) is 20.6 Å². The molecule has 0 saturated heterocycles. The molecule has 0 N–H and O–H groups in total. The molecule has 0 aromatic carbocycles. The van der Waals surface area contributed by atoms with Gasteiger partial charge >= 0.3 is 113 Å². The molecule has 1 nitrogen and oxygen atoms in total. The molecule has 0 spiro atoms. The third kappa shape index (κ3) is 13.2. The molecular formula is C23H48Al3OTi. The molecule has 0 heterocycles. The topological polar surface area (TPSA) is 9.23 Å². The van der Waals surface area contributed by atoms with Gasteiger partial charge < -0.3 is 2.84 Å². The van der Waals surface area contributed by atoms with Crippen molar-refractivity contribution in [2.24, 2.45) is 23.2 Å². The first-order valence-corrected chi connectivity index (χ1v) is 17.4. The van der Waals surface area contributed by atoms with E-state index in [-0.39, 0.29) is 15.6 Å². The van der Waals surface area contributed by atoms with Crippen molar-refractivity contribution >= 4 is 46.3 Å². The van der Waals surface area contributed by atoms with Crippen LogP contribution in [0.2, 0.25) is 21.6 Å². The van der Waals surface area contributed by atoms with E-state index in [2.05, 4.69) is 102 Å². The van der Waals surface area contributed by atoms with Gasteiger partial charge in [-0.1, -0.05) is 80.9 Å². The monoisotopic (exact) mass is 469 g/mol. The van der Waals surface area contributed by atoms with Gasteiger partial charge in [0.05, 0.1) is 0 Å². The van der Waals surface area contributed by atoms with Crippen LogP contribution in [0.5, 0.6) is 0 Å². The molecule has 0 fully saturated rings. The molecule has 0 saturated carbocycles. The molecule has 0 aliphatic heterocycles. The zero-order chi connectivity index (χ0) is 22.7. The molecule has 1 aliphatic rings. The van der Waals surface area contributed by atoms with Crippen molar-refractivity contribution in [2.45, 2.75) is 97.8 Å². The first-order chi connectivity index (χ1) is 12.7. The van der Waals surface area contributed by atoms with E-state index in [1.54, 1.807) is 15.8 Å². The van der Waals surface area contributed by atoms with Crippen LogP contribution in [0.1, 0.15) is 76.2 Å². The Morgan fingerprint density at radius 2 is 1.21 bits per heavy atom. The summed E-state index contributed by atoms with van der Waals surface area (Å²) in [4.78, 5) is 0. The largest absolute Gasteiger partial charge is 0.645 e. The van der Waals surface area contributed by atoms with Crippen LogP contribution in [-0.2, 0) is 23.3 Å². The van der Waals surface area contributed by atoms with E-state index in [4.69, 9.17) is 2.84 Å². The third-order valence-corrected chi connectivity index (χ3v) is 14.5. The minimum atomic E-state index is -0.407. The van der Waals surface area contributed by atoms with Crippen molar-refractivity contribution in [3.63, 3.8) is 0 Å². The number of rotatable bonds is 7. The molecule has 0 aromatic rings. The Bertz CT molecular complexity index is 442. The second kappa shape index (κ2) is 16.4. The minimum Gasteiger partial charge on any atom is -0.645 e. The third-order valence-electron chi connectivity index (χ3n) is 5.77. The molecule has 0 bridgehead atoms. The van der Waals surface area contributed by atoms with E-state index in [9.17, 15) is 0 Å². The van der Waals surface area contributed by atoms with E-state index in [0.29, 0.717) is 5.41 Å². The summed E-state index contributed by atoms with van der Waals surface area (Å²) in [5.74, 6) is 4.91. The van der Waals surface area contributed by atoms with Gasteiger partial charge in [-0.2, -0.15) is 0 Å². The number of allylic oxidation sites excluding steroid dienone is 4. The van der Waals surface area contributed by atoms with Gasteiger partial charge in [-0.25, -0.2) is 0 Å². The van der Waals surface area contributed by atoms with Crippen molar-refractivity contribution in [2.75, 3.05) is 0 Å². The van der Waals surface area contributed by atoms with Crippen molar-refractivity contribution in [1.82, 2.24) is 0 Å². The van der Waals surface area contributed by atoms with Crippen LogP contribution in [0.4, 0.5) is 0 Å². The van der Waals surface area contributed by atoms with Gasteiger partial charge in [0.2, 0.25) is 0 Å². The van der Waals surface area contributed by atoms with E-state index >= 15 is 0 Å². The Labute approximate surface area is 209 Å². The summed E-state index contributed by atoms with van der Waals surface area (Å²) in [6.45, 7) is 25.6. The normalized spacial score (nSPS) is 15.5. The maximum Gasteiger partial charge on any atom is 0.401 e. The van der Waals surface area contributed by atoms with Crippen molar-refractivity contribution < 1.29 is 23.3 Å². The average molecular weight is 469 g/mol. The summed E-state index contributed by atoms with van der Waals surface area (Å²) in [7, 11) is 0. The zero-order valence-corrected chi connectivity index (χ0v) is 27.7. The van der Waals surface area contributed by atoms with E-state index in [1.807, 2.05) is 0 Å². The van der Waals surface area contributed by atoms with Crippen LogP contribution in [0.3, 0.4) is 0 Å². The zero-order valence-electron chi connectivity index (χ0n) is 21.5. The van der Waals surface area contributed by atoms with E-state index in [1.165, 1.54) is 20.6 Å². The van der Waals surface area contributed by atoms with Gasteiger partial charge in [-0.3, -0.25) is 0 Å². The first-order valence-electron chi connectivity index (χ1n) is 11.3. The van der Waals surface area contributed by atoms with Crippen LogP contribution in [-0.4, -0.2) is 46.3 Å². The van der Waals surface area contributed by atoms with E-state index < -0.39 is 14.1 Å². The summed E-state index contributed by atoms with van der Waals surface area (Å²) in [5, 5.41) is 4.66.